The van der Waals surface area contributed by atoms with Gasteiger partial charge in [-0.3, -0.25) is 14.6 Å². The van der Waals surface area contributed by atoms with Gasteiger partial charge < -0.3 is 4.74 Å². The number of rotatable bonds is 6. The molecule has 1 fully saturated rings. The SMILES string of the molecule is C=CCN(C(=O)CN1CCO[C@@H](C)C1)c1nc(-c2ccc(Cl)c(Cl)c2)cs1. The predicted octanol–water partition coefficient (Wildman–Crippen LogP) is 4.36. The van der Waals surface area contributed by atoms with Gasteiger partial charge in [-0.05, 0) is 19.1 Å². The number of thiazole rings is 1. The molecule has 2 heterocycles. The van der Waals surface area contributed by atoms with Crippen LogP contribution in [-0.2, 0) is 9.53 Å². The Hall–Kier alpha value is -1.44. The Bertz CT molecular complexity index is 827. The van der Waals surface area contributed by atoms with Gasteiger partial charge in [-0.15, -0.1) is 17.9 Å². The topological polar surface area (TPSA) is 45.7 Å². The van der Waals surface area contributed by atoms with E-state index < -0.39 is 0 Å². The van der Waals surface area contributed by atoms with Crippen molar-refractivity contribution in [1.82, 2.24) is 9.88 Å². The van der Waals surface area contributed by atoms with E-state index in [-0.39, 0.29) is 12.0 Å². The average Bonchev–Trinajstić information content (AvgIpc) is 3.11. The van der Waals surface area contributed by atoms with Crippen molar-refractivity contribution in [2.24, 2.45) is 0 Å². The summed E-state index contributed by atoms with van der Waals surface area (Å²) in [5, 5.41) is 3.53. The van der Waals surface area contributed by atoms with Crippen LogP contribution in [0.2, 0.25) is 10.0 Å². The summed E-state index contributed by atoms with van der Waals surface area (Å²) in [6, 6.07) is 5.38. The Kier molecular flexibility index (Phi) is 6.89. The molecule has 1 atom stereocenters. The quantitative estimate of drug-likeness (QED) is 0.645. The minimum Gasteiger partial charge on any atom is -0.376 e. The van der Waals surface area contributed by atoms with Crippen molar-refractivity contribution in [3.8, 4) is 11.3 Å². The van der Waals surface area contributed by atoms with Crippen molar-refractivity contribution in [1.29, 1.82) is 0 Å². The van der Waals surface area contributed by atoms with Gasteiger partial charge in [0.2, 0.25) is 5.91 Å². The molecule has 0 N–H and O–H groups in total. The van der Waals surface area contributed by atoms with Crippen molar-refractivity contribution < 1.29 is 9.53 Å². The minimum atomic E-state index is -0.000890. The second kappa shape index (κ2) is 9.17. The molecule has 1 saturated heterocycles. The first-order valence-electron chi connectivity index (χ1n) is 8.64. The molecular formula is C19H21Cl2N3O2S. The highest BCUT2D eigenvalue weighted by atomic mass is 35.5. The first-order chi connectivity index (χ1) is 13.0. The molecule has 5 nitrogen and oxygen atoms in total. The zero-order valence-corrected chi connectivity index (χ0v) is 17.4. The molecule has 1 amide bonds. The number of ether oxygens (including phenoxy) is 1. The first kappa shape index (κ1) is 20.3. The van der Waals surface area contributed by atoms with Crippen LogP contribution < -0.4 is 4.90 Å². The molecule has 144 valence electrons. The molecule has 0 aliphatic carbocycles. The van der Waals surface area contributed by atoms with Crippen LogP contribution in [-0.4, -0.2) is 54.7 Å². The maximum Gasteiger partial charge on any atom is 0.243 e. The van der Waals surface area contributed by atoms with Gasteiger partial charge in [0.25, 0.3) is 0 Å². The Balaban J connectivity index is 1.76. The van der Waals surface area contributed by atoms with Crippen molar-refractivity contribution in [2.45, 2.75) is 13.0 Å². The van der Waals surface area contributed by atoms with Gasteiger partial charge in [-0.2, -0.15) is 0 Å². The van der Waals surface area contributed by atoms with E-state index in [1.807, 2.05) is 18.4 Å². The summed E-state index contributed by atoms with van der Waals surface area (Å²) in [5.41, 5.74) is 1.62. The molecule has 1 aliphatic rings. The molecule has 0 saturated carbocycles. The van der Waals surface area contributed by atoms with Gasteiger partial charge in [-0.25, -0.2) is 4.98 Å². The second-order valence-corrected chi connectivity index (χ2v) is 8.00. The number of carbonyl (C=O) groups excluding carboxylic acids is 1. The Morgan fingerprint density at radius 2 is 2.30 bits per heavy atom. The number of aromatic nitrogens is 1. The summed E-state index contributed by atoms with van der Waals surface area (Å²) in [5.74, 6) is -0.000890. The number of benzene rings is 1. The summed E-state index contributed by atoms with van der Waals surface area (Å²) in [4.78, 5) is 21.3. The van der Waals surface area contributed by atoms with E-state index in [2.05, 4.69) is 16.5 Å². The Morgan fingerprint density at radius 3 is 3.00 bits per heavy atom. The van der Waals surface area contributed by atoms with Crippen molar-refractivity contribution in [2.75, 3.05) is 37.7 Å². The lowest BCUT2D eigenvalue weighted by Gasteiger charge is -2.31. The molecule has 0 bridgehead atoms. The highest BCUT2D eigenvalue weighted by Crippen LogP contribution is 2.31. The fourth-order valence-electron chi connectivity index (χ4n) is 2.90. The van der Waals surface area contributed by atoms with E-state index in [1.54, 1.807) is 23.1 Å². The van der Waals surface area contributed by atoms with E-state index in [9.17, 15) is 4.79 Å². The van der Waals surface area contributed by atoms with E-state index in [0.717, 1.165) is 24.3 Å². The molecular weight excluding hydrogens is 405 g/mol. The van der Waals surface area contributed by atoms with Crippen LogP contribution in [0.15, 0.2) is 36.2 Å². The molecule has 3 rings (SSSR count). The van der Waals surface area contributed by atoms with E-state index in [0.29, 0.717) is 34.9 Å². The predicted molar refractivity (Wildman–Crippen MR) is 112 cm³/mol. The average molecular weight is 426 g/mol. The fourth-order valence-corrected chi connectivity index (χ4v) is 4.06. The number of nitrogens with zero attached hydrogens (tertiary/aromatic N) is 3. The number of hydrogen-bond donors (Lipinski definition) is 0. The largest absolute Gasteiger partial charge is 0.376 e. The maximum absolute atomic E-state index is 12.9. The van der Waals surface area contributed by atoms with Crippen molar-refractivity contribution >= 4 is 45.6 Å². The lowest BCUT2D eigenvalue weighted by Crippen LogP contribution is -2.47. The summed E-state index contributed by atoms with van der Waals surface area (Å²) >= 11 is 13.5. The maximum atomic E-state index is 12.9. The molecule has 0 spiro atoms. The number of halogens is 2. The molecule has 1 aromatic carbocycles. The van der Waals surface area contributed by atoms with Crippen LogP contribution in [0.1, 0.15) is 6.92 Å². The van der Waals surface area contributed by atoms with Crippen LogP contribution in [0.5, 0.6) is 0 Å². The first-order valence-corrected chi connectivity index (χ1v) is 10.3. The second-order valence-electron chi connectivity index (χ2n) is 6.35. The Labute approximate surface area is 173 Å². The minimum absolute atomic E-state index is 0.000890. The number of anilines is 1. The highest BCUT2D eigenvalue weighted by Gasteiger charge is 2.24. The molecule has 0 radical (unpaired) electrons. The molecule has 27 heavy (non-hydrogen) atoms. The van der Waals surface area contributed by atoms with Crippen LogP contribution in [0.3, 0.4) is 0 Å². The normalized spacial score (nSPS) is 17.7. The van der Waals surface area contributed by atoms with Gasteiger partial charge >= 0.3 is 0 Å². The molecule has 0 unspecified atom stereocenters. The molecule has 1 aliphatic heterocycles. The zero-order valence-electron chi connectivity index (χ0n) is 15.0. The van der Waals surface area contributed by atoms with E-state index >= 15 is 0 Å². The third-order valence-electron chi connectivity index (χ3n) is 4.24. The van der Waals surface area contributed by atoms with Gasteiger partial charge in [0.1, 0.15) is 0 Å². The zero-order chi connectivity index (χ0) is 19.4. The van der Waals surface area contributed by atoms with Gasteiger partial charge in [0.15, 0.2) is 5.13 Å². The van der Waals surface area contributed by atoms with Gasteiger partial charge in [0, 0.05) is 30.6 Å². The van der Waals surface area contributed by atoms with Crippen LogP contribution in [0, 0.1) is 0 Å². The third kappa shape index (κ3) is 5.09. The lowest BCUT2D eigenvalue weighted by molar-refractivity contribution is -0.121. The lowest BCUT2D eigenvalue weighted by atomic mass is 10.2. The number of carbonyl (C=O) groups is 1. The van der Waals surface area contributed by atoms with E-state index in [1.165, 1.54) is 11.3 Å². The standard InChI is InChI=1S/C19H21Cl2N3O2S/c1-3-6-24(18(25)11-23-7-8-26-13(2)10-23)19-22-17(12-27-19)14-4-5-15(20)16(21)9-14/h3-5,9,12-13H,1,6-8,10-11H2,2H3/t13-/m0/s1. The fraction of sp³-hybridized carbons (Fsp3) is 0.368. The number of morpholine rings is 1. The van der Waals surface area contributed by atoms with Gasteiger partial charge in [0.05, 0.1) is 35.0 Å². The van der Waals surface area contributed by atoms with E-state index in [4.69, 9.17) is 27.9 Å². The highest BCUT2D eigenvalue weighted by molar-refractivity contribution is 7.14. The third-order valence-corrected chi connectivity index (χ3v) is 5.84. The number of hydrogen-bond acceptors (Lipinski definition) is 5. The molecule has 2 aromatic rings. The van der Waals surface area contributed by atoms with Crippen molar-refractivity contribution in [3.05, 3.63) is 46.3 Å². The summed E-state index contributed by atoms with van der Waals surface area (Å²) < 4.78 is 5.54. The van der Waals surface area contributed by atoms with Crippen LogP contribution >= 0.6 is 34.5 Å². The molecule has 8 heteroatoms. The number of amides is 1. The molecule has 1 aromatic heterocycles. The summed E-state index contributed by atoms with van der Waals surface area (Å²) in [6.45, 7) is 8.69. The smallest absolute Gasteiger partial charge is 0.243 e. The van der Waals surface area contributed by atoms with Gasteiger partial charge in [-0.1, -0.05) is 35.3 Å². The summed E-state index contributed by atoms with van der Waals surface area (Å²) in [6.07, 6.45) is 1.85. The summed E-state index contributed by atoms with van der Waals surface area (Å²) in [7, 11) is 0. The van der Waals surface area contributed by atoms with Crippen molar-refractivity contribution in [3.63, 3.8) is 0 Å². The van der Waals surface area contributed by atoms with Crippen LogP contribution in [0.25, 0.3) is 11.3 Å². The Morgan fingerprint density at radius 1 is 1.48 bits per heavy atom. The monoisotopic (exact) mass is 425 g/mol. The van der Waals surface area contributed by atoms with Crippen LogP contribution in [0.4, 0.5) is 5.13 Å².